The maximum Gasteiger partial charge on any atom is 0.254 e. The lowest BCUT2D eigenvalue weighted by Crippen LogP contribution is -2.34. The van der Waals surface area contributed by atoms with Gasteiger partial charge in [-0.25, -0.2) is 0 Å². The Kier molecular flexibility index (Phi) is 3.98. The number of carbonyl (C=O) groups excluding carboxylic acids is 1. The van der Waals surface area contributed by atoms with Crippen LogP contribution in [0.1, 0.15) is 37.6 Å². The van der Waals surface area contributed by atoms with Gasteiger partial charge in [0.25, 0.3) is 5.91 Å². The van der Waals surface area contributed by atoms with Crippen molar-refractivity contribution in [2.45, 2.75) is 33.2 Å². The first-order chi connectivity index (χ1) is 9.01. The molecule has 4 heteroatoms. The first-order valence-electron chi connectivity index (χ1n) is 6.85. The Hall–Kier alpha value is -1.71. The molecule has 1 aromatic rings. The van der Waals surface area contributed by atoms with Crippen LogP contribution in [-0.4, -0.2) is 30.0 Å². The van der Waals surface area contributed by atoms with Crippen molar-refractivity contribution in [3.63, 3.8) is 0 Å². The maximum atomic E-state index is 12.5. The summed E-state index contributed by atoms with van der Waals surface area (Å²) < 4.78 is 5.44. The number of hydrogen-bond donors (Lipinski definition) is 1. The van der Waals surface area contributed by atoms with Crippen LogP contribution in [0.25, 0.3) is 0 Å². The minimum atomic E-state index is 0.0464. The molecular formula is C15H22N2O2. The van der Waals surface area contributed by atoms with Crippen LogP contribution in [0, 0.1) is 5.92 Å². The van der Waals surface area contributed by atoms with Crippen molar-refractivity contribution >= 4 is 11.6 Å². The van der Waals surface area contributed by atoms with E-state index in [1.807, 2.05) is 11.8 Å². The Bertz CT molecular complexity index is 473. The van der Waals surface area contributed by atoms with E-state index >= 15 is 0 Å². The summed E-state index contributed by atoms with van der Waals surface area (Å²) in [6.07, 6.45) is 1.06. The number of likely N-dealkylation sites (tertiary alicyclic amines) is 1. The highest BCUT2D eigenvalue weighted by Gasteiger charge is 2.30. The van der Waals surface area contributed by atoms with E-state index in [2.05, 4.69) is 13.8 Å². The van der Waals surface area contributed by atoms with Gasteiger partial charge in [-0.2, -0.15) is 0 Å². The molecule has 2 atom stereocenters. The van der Waals surface area contributed by atoms with Crippen LogP contribution < -0.4 is 10.5 Å². The second-order valence-electron chi connectivity index (χ2n) is 5.37. The molecule has 2 unspecified atom stereocenters. The number of hydrogen-bond acceptors (Lipinski definition) is 3. The van der Waals surface area contributed by atoms with Gasteiger partial charge in [-0.1, -0.05) is 6.92 Å². The molecule has 2 N–H and O–H groups in total. The molecule has 2 rings (SSSR count). The standard InChI is InChI=1S/C15H22N2O2/c1-4-19-14-7-12(6-13(16)8-14)15(18)17-9-10(2)5-11(17)3/h6-8,10-11H,4-5,9,16H2,1-3H3. The van der Waals surface area contributed by atoms with Gasteiger partial charge in [0.15, 0.2) is 0 Å². The zero-order chi connectivity index (χ0) is 14.0. The molecule has 0 saturated carbocycles. The van der Waals surface area contributed by atoms with Crippen molar-refractivity contribution in [1.82, 2.24) is 4.90 Å². The molecule has 1 aliphatic heterocycles. The predicted octanol–water partition coefficient (Wildman–Crippen LogP) is 2.54. The van der Waals surface area contributed by atoms with Gasteiger partial charge in [0.1, 0.15) is 5.75 Å². The topological polar surface area (TPSA) is 55.6 Å². The molecule has 1 amide bonds. The lowest BCUT2D eigenvalue weighted by atomic mass is 10.1. The first kappa shape index (κ1) is 13.7. The molecule has 1 aliphatic rings. The van der Waals surface area contributed by atoms with Gasteiger partial charge < -0.3 is 15.4 Å². The summed E-state index contributed by atoms with van der Waals surface area (Å²) in [5.41, 5.74) is 7.02. The Morgan fingerprint density at radius 3 is 2.74 bits per heavy atom. The normalized spacial score (nSPS) is 22.6. The molecule has 0 bridgehead atoms. The van der Waals surface area contributed by atoms with Crippen LogP contribution in [-0.2, 0) is 0 Å². The fraction of sp³-hybridized carbons (Fsp3) is 0.533. The van der Waals surface area contributed by atoms with E-state index in [9.17, 15) is 4.79 Å². The molecule has 0 spiro atoms. The number of carbonyl (C=O) groups is 1. The molecule has 1 saturated heterocycles. The van der Waals surface area contributed by atoms with E-state index < -0.39 is 0 Å². The summed E-state index contributed by atoms with van der Waals surface area (Å²) >= 11 is 0. The van der Waals surface area contributed by atoms with Crippen molar-refractivity contribution in [3.8, 4) is 5.75 Å². The zero-order valence-corrected chi connectivity index (χ0v) is 11.8. The van der Waals surface area contributed by atoms with Gasteiger partial charge in [-0.15, -0.1) is 0 Å². The smallest absolute Gasteiger partial charge is 0.254 e. The second kappa shape index (κ2) is 5.51. The van der Waals surface area contributed by atoms with E-state index in [1.165, 1.54) is 0 Å². The minimum Gasteiger partial charge on any atom is -0.494 e. The third kappa shape index (κ3) is 3.00. The molecule has 104 valence electrons. The fourth-order valence-electron chi connectivity index (χ4n) is 2.74. The number of benzene rings is 1. The van der Waals surface area contributed by atoms with Gasteiger partial charge in [0, 0.05) is 29.9 Å². The second-order valence-corrected chi connectivity index (χ2v) is 5.37. The summed E-state index contributed by atoms with van der Waals surface area (Å²) in [5, 5.41) is 0. The molecule has 0 radical (unpaired) electrons. The number of nitrogen functional groups attached to an aromatic ring is 1. The van der Waals surface area contributed by atoms with Gasteiger partial charge in [0.05, 0.1) is 6.61 Å². The Labute approximate surface area is 114 Å². The van der Waals surface area contributed by atoms with Crippen LogP contribution in [0.3, 0.4) is 0 Å². The van der Waals surface area contributed by atoms with Gasteiger partial charge in [-0.05, 0) is 38.3 Å². The average molecular weight is 262 g/mol. The molecular weight excluding hydrogens is 240 g/mol. The van der Waals surface area contributed by atoms with E-state index in [4.69, 9.17) is 10.5 Å². The monoisotopic (exact) mass is 262 g/mol. The van der Waals surface area contributed by atoms with Crippen LogP contribution in [0.2, 0.25) is 0 Å². The average Bonchev–Trinajstić information content (AvgIpc) is 2.67. The highest BCUT2D eigenvalue weighted by Crippen LogP contribution is 2.26. The molecule has 1 aromatic carbocycles. The fourth-order valence-corrected chi connectivity index (χ4v) is 2.74. The molecule has 1 heterocycles. The predicted molar refractivity (Wildman–Crippen MR) is 76.3 cm³/mol. The lowest BCUT2D eigenvalue weighted by Gasteiger charge is -2.22. The highest BCUT2D eigenvalue weighted by atomic mass is 16.5. The molecule has 19 heavy (non-hydrogen) atoms. The van der Waals surface area contributed by atoms with Crippen molar-refractivity contribution in [2.75, 3.05) is 18.9 Å². The Balaban J connectivity index is 2.23. The third-order valence-corrected chi connectivity index (χ3v) is 3.53. The minimum absolute atomic E-state index is 0.0464. The van der Waals surface area contributed by atoms with Gasteiger partial charge in [0.2, 0.25) is 0 Å². The number of ether oxygens (including phenoxy) is 1. The van der Waals surface area contributed by atoms with Crippen LogP contribution >= 0.6 is 0 Å². The summed E-state index contributed by atoms with van der Waals surface area (Å²) in [4.78, 5) is 14.5. The van der Waals surface area contributed by atoms with Crippen LogP contribution in [0.4, 0.5) is 5.69 Å². The molecule has 0 aliphatic carbocycles. The first-order valence-corrected chi connectivity index (χ1v) is 6.85. The summed E-state index contributed by atoms with van der Waals surface area (Å²) in [6, 6.07) is 5.54. The summed E-state index contributed by atoms with van der Waals surface area (Å²) in [6.45, 7) is 7.56. The molecule has 4 nitrogen and oxygen atoms in total. The number of rotatable bonds is 3. The summed E-state index contributed by atoms with van der Waals surface area (Å²) in [5.74, 6) is 1.27. The Morgan fingerprint density at radius 2 is 2.16 bits per heavy atom. The van der Waals surface area contributed by atoms with Crippen molar-refractivity contribution in [3.05, 3.63) is 23.8 Å². The van der Waals surface area contributed by atoms with Crippen LogP contribution in [0.5, 0.6) is 5.75 Å². The largest absolute Gasteiger partial charge is 0.494 e. The number of anilines is 1. The van der Waals surface area contributed by atoms with Gasteiger partial charge >= 0.3 is 0 Å². The number of amides is 1. The van der Waals surface area contributed by atoms with Crippen molar-refractivity contribution in [2.24, 2.45) is 5.92 Å². The number of nitrogens with zero attached hydrogens (tertiary/aromatic N) is 1. The number of nitrogens with two attached hydrogens (primary N) is 1. The summed E-state index contributed by atoms with van der Waals surface area (Å²) in [7, 11) is 0. The zero-order valence-electron chi connectivity index (χ0n) is 11.8. The van der Waals surface area contributed by atoms with Crippen LogP contribution in [0.15, 0.2) is 18.2 Å². The van der Waals surface area contributed by atoms with E-state index in [-0.39, 0.29) is 5.91 Å². The lowest BCUT2D eigenvalue weighted by molar-refractivity contribution is 0.0743. The molecule has 1 fully saturated rings. The Morgan fingerprint density at radius 1 is 1.42 bits per heavy atom. The van der Waals surface area contributed by atoms with E-state index in [0.717, 1.165) is 13.0 Å². The van der Waals surface area contributed by atoms with E-state index in [1.54, 1.807) is 18.2 Å². The SMILES string of the molecule is CCOc1cc(N)cc(C(=O)N2CC(C)CC2C)c1. The quantitative estimate of drug-likeness (QED) is 0.852. The highest BCUT2D eigenvalue weighted by molar-refractivity contribution is 5.96. The van der Waals surface area contributed by atoms with Gasteiger partial charge in [-0.3, -0.25) is 4.79 Å². The molecule has 0 aromatic heterocycles. The van der Waals surface area contributed by atoms with Crippen molar-refractivity contribution in [1.29, 1.82) is 0 Å². The van der Waals surface area contributed by atoms with Crippen molar-refractivity contribution < 1.29 is 9.53 Å². The van der Waals surface area contributed by atoms with E-state index in [0.29, 0.717) is 35.6 Å². The third-order valence-electron chi connectivity index (χ3n) is 3.53. The maximum absolute atomic E-state index is 12.5.